The Kier molecular flexibility index (Phi) is 5.48. The number of nitrogens with two attached hydrogens (primary N) is 1. The summed E-state index contributed by atoms with van der Waals surface area (Å²) in [5.74, 6) is 0.712. The summed E-state index contributed by atoms with van der Waals surface area (Å²) in [6.45, 7) is 0.854. The zero-order valence-corrected chi connectivity index (χ0v) is 11.6. The lowest BCUT2D eigenvalue weighted by molar-refractivity contribution is 0.0774. The van der Waals surface area contributed by atoms with Crippen molar-refractivity contribution < 1.29 is 4.79 Å². The maximum atomic E-state index is 12.2. The quantitative estimate of drug-likeness (QED) is 0.857. The SMILES string of the molecule is CN(CC1CCCC1)C(=O)c1ccccc1N.Cl. The number of halogens is 1. The third kappa shape index (κ3) is 3.39. The Bertz CT molecular complexity index is 403. The highest BCUT2D eigenvalue weighted by molar-refractivity contribution is 5.98. The molecule has 1 saturated carbocycles. The van der Waals surface area contributed by atoms with Crippen LogP contribution >= 0.6 is 12.4 Å². The van der Waals surface area contributed by atoms with Gasteiger partial charge in [-0.15, -0.1) is 12.4 Å². The van der Waals surface area contributed by atoms with Crippen LogP contribution in [-0.4, -0.2) is 24.4 Å². The van der Waals surface area contributed by atoms with Crippen LogP contribution in [0.15, 0.2) is 24.3 Å². The molecule has 3 nitrogen and oxygen atoms in total. The first kappa shape index (κ1) is 14.8. The summed E-state index contributed by atoms with van der Waals surface area (Å²) in [5.41, 5.74) is 7.00. The van der Waals surface area contributed by atoms with Crippen molar-refractivity contribution >= 4 is 24.0 Å². The second kappa shape index (κ2) is 6.64. The van der Waals surface area contributed by atoms with Crippen LogP contribution in [0.1, 0.15) is 36.0 Å². The summed E-state index contributed by atoms with van der Waals surface area (Å²) >= 11 is 0. The molecule has 1 aliphatic carbocycles. The molecule has 1 amide bonds. The number of nitrogen functional groups attached to an aromatic ring is 1. The van der Waals surface area contributed by atoms with Gasteiger partial charge in [0.15, 0.2) is 0 Å². The molecule has 0 unspecified atom stereocenters. The molecular formula is C14H21ClN2O. The second-order valence-electron chi connectivity index (χ2n) is 4.92. The van der Waals surface area contributed by atoms with E-state index in [1.807, 2.05) is 24.1 Å². The van der Waals surface area contributed by atoms with Crippen molar-refractivity contribution in [1.29, 1.82) is 0 Å². The lowest BCUT2D eigenvalue weighted by Crippen LogP contribution is -2.31. The fourth-order valence-corrected chi connectivity index (χ4v) is 2.56. The molecule has 4 heteroatoms. The van der Waals surface area contributed by atoms with E-state index >= 15 is 0 Å². The number of benzene rings is 1. The van der Waals surface area contributed by atoms with Gasteiger partial charge in [-0.2, -0.15) is 0 Å². The minimum absolute atomic E-state index is 0. The third-order valence-corrected chi connectivity index (χ3v) is 3.54. The molecule has 2 N–H and O–H groups in total. The van der Waals surface area contributed by atoms with Gasteiger partial charge in [0.05, 0.1) is 5.56 Å². The molecule has 0 saturated heterocycles. The number of hydrogen-bond acceptors (Lipinski definition) is 2. The van der Waals surface area contributed by atoms with Crippen molar-refractivity contribution in [3.05, 3.63) is 29.8 Å². The molecule has 100 valence electrons. The molecular weight excluding hydrogens is 248 g/mol. The van der Waals surface area contributed by atoms with Gasteiger partial charge in [0.1, 0.15) is 0 Å². The zero-order valence-electron chi connectivity index (χ0n) is 10.8. The Hall–Kier alpha value is -1.22. The molecule has 18 heavy (non-hydrogen) atoms. The van der Waals surface area contributed by atoms with Crippen LogP contribution in [-0.2, 0) is 0 Å². The van der Waals surface area contributed by atoms with Gasteiger partial charge in [0, 0.05) is 19.3 Å². The molecule has 0 aliphatic heterocycles. The second-order valence-corrected chi connectivity index (χ2v) is 4.92. The molecule has 0 spiro atoms. The maximum absolute atomic E-state index is 12.2. The number of amides is 1. The van der Waals surface area contributed by atoms with E-state index in [0.717, 1.165) is 6.54 Å². The molecule has 1 aliphatic rings. The number of rotatable bonds is 3. The molecule has 1 aromatic rings. The third-order valence-electron chi connectivity index (χ3n) is 3.54. The number of hydrogen-bond donors (Lipinski definition) is 1. The Morgan fingerprint density at radius 1 is 1.33 bits per heavy atom. The first-order valence-electron chi connectivity index (χ1n) is 6.28. The van der Waals surface area contributed by atoms with Crippen LogP contribution in [0.2, 0.25) is 0 Å². The van der Waals surface area contributed by atoms with Crippen LogP contribution in [0.25, 0.3) is 0 Å². The van der Waals surface area contributed by atoms with Crippen molar-refractivity contribution in [1.82, 2.24) is 4.90 Å². The van der Waals surface area contributed by atoms with Crippen LogP contribution in [0.3, 0.4) is 0 Å². The standard InChI is InChI=1S/C14H20N2O.ClH/c1-16(10-11-6-2-3-7-11)14(17)12-8-4-5-9-13(12)15;/h4-5,8-9,11H,2-3,6-7,10,15H2,1H3;1H. The number of carbonyl (C=O) groups excluding carboxylic acids is 1. The predicted molar refractivity (Wildman–Crippen MR) is 77.0 cm³/mol. The van der Waals surface area contributed by atoms with Crippen molar-refractivity contribution in [2.24, 2.45) is 5.92 Å². The number of anilines is 1. The summed E-state index contributed by atoms with van der Waals surface area (Å²) in [6.07, 6.45) is 5.12. The van der Waals surface area contributed by atoms with Gasteiger partial charge >= 0.3 is 0 Å². The van der Waals surface area contributed by atoms with Gasteiger partial charge in [-0.1, -0.05) is 25.0 Å². The molecule has 0 radical (unpaired) electrons. The van der Waals surface area contributed by atoms with E-state index in [9.17, 15) is 4.79 Å². The Labute approximate surface area is 115 Å². The summed E-state index contributed by atoms with van der Waals surface area (Å²) in [7, 11) is 1.87. The average molecular weight is 269 g/mol. The zero-order chi connectivity index (χ0) is 12.3. The highest BCUT2D eigenvalue weighted by Gasteiger charge is 2.20. The monoisotopic (exact) mass is 268 g/mol. The normalized spacial score (nSPS) is 15.2. The summed E-state index contributed by atoms with van der Waals surface area (Å²) in [5, 5.41) is 0. The fourth-order valence-electron chi connectivity index (χ4n) is 2.56. The molecule has 0 bridgehead atoms. The lowest BCUT2D eigenvalue weighted by Gasteiger charge is -2.21. The van der Waals surface area contributed by atoms with E-state index in [1.165, 1.54) is 25.7 Å². The van der Waals surface area contributed by atoms with E-state index < -0.39 is 0 Å². The van der Waals surface area contributed by atoms with E-state index in [0.29, 0.717) is 17.2 Å². The van der Waals surface area contributed by atoms with Crippen LogP contribution < -0.4 is 5.73 Å². The predicted octanol–water partition coefficient (Wildman–Crippen LogP) is 2.95. The summed E-state index contributed by atoms with van der Waals surface area (Å²) in [6, 6.07) is 7.27. The topological polar surface area (TPSA) is 46.3 Å². The van der Waals surface area contributed by atoms with E-state index in [2.05, 4.69) is 0 Å². The maximum Gasteiger partial charge on any atom is 0.255 e. The van der Waals surface area contributed by atoms with Crippen molar-refractivity contribution in [3.63, 3.8) is 0 Å². The number of nitrogens with zero attached hydrogens (tertiary/aromatic N) is 1. The fraction of sp³-hybridized carbons (Fsp3) is 0.500. The minimum Gasteiger partial charge on any atom is -0.398 e. The van der Waals surface area contributed by atoms with Crippen LogP contribution in [0, 0.1) is 5.92 Å². The van der Waals surface area contributed by atoms with Gasteiger partial charge in [-0.25, -0.2) is 0 Å². The van der Waals surface area contributed by atoms with Crippen LogP contribution in [0.4, 0.5) is 5.69 Å². The van der Waals surface area contributed by atoms with Crippen LogP contribution in [0.5, 0.6) is 0 Å². The molecule has 1 fully saturated rings. The highest BCUT2D eigenvalue weighted by Crippen LogP contribution is 2.25. The highest BCUT2D eigenvalue weighted by atomic mass is 35.5. The number of para-hydroxylation sites is 1. The van der Waals surface area contributed by atoms with Gasteiger partial charge in [0.25, 0.3) is 5.91 Å². The molecule has 0 aromatic heterocycles. The van der Waals surface area contributed by atoms with Crippen molar-refractivity contribution in [3.8, 4) is 0 Å². The first-order chi connectivity index (χ1) is 8.18. The Balaban J connectivity index is 0.00000162. The smallest absolute Gasteiger partial charge is 0.255 e. The summed E-state index contributed by atoms with van der Waals surface area (Å²) in [4.78, 5) is 14.0. The van der Waals surface area contributed by atoms with E-state index in [-0.39, 0.29) is 18.3 Å². The van der Waals surface area contributed by atoms with Crippen molar-refractivity contribution in [2.75, 3.05) is 19.3 Å². The average Bonchev–Trinajstić information content (AvgIpc) is 2.81. The minimum atomic E-state index is 0. The van der Waals surface area contributed by atoms with Gasteiger partial charge in [-0.05, 0) is 30.9 Å². The Morgan fingerprint density at radius 2 is 1.94 bits per heavy atom. The van der Waals surface area contributed by atoms with E-state index in [1.54, 1.807) is 12.1 Å². The van der Waals surface area contributed by atoms with Gasteiger partial charge < -0.3 is 10.6 Å². The van der Waals surface area contributed by atoms with Gasteiger partial charge in [0.2, 0.25) is 0 Å². The molecule has 1 aromatic carbocycles. The molecule has 0 heterocycles. The molecule has 0 atom stereocenters. The first-order valence-corrected chi connectivity index (χ1v) is 6.28. The van der Waals surface area contributed by atoms with E-state index in [4.69, 9.17) is 5.73 Å². The largest absolute Gasteiger partial charge is 0.398 e. The number of carbonyl (C=O) groups is 1. The Morgan fingerprint density at radius 3 is 2.56 bits per heavy atom. The molecule has 2 rings (SSSR count). The van der Waals surface area contributed by atoms with Gasteiger partial charge in [-0.3, -0.25) is 4.79 Å². The summed E-state index contributed by atoms with van der Waals surface area (Å²) < 4.78 is 0. The lowest BCUT2D eigenvalue weighted by atomic mass is 10.1. The van der Waals surface area contributed by atoms with Crippen molar-refractivity contribution in [2.45, 2.75) is 25.7 Å².